The van der Waals surface area contributed by atoms with Gasteiger partial charge in [0.25, 0.3) is 0 Å². The quantitative estimate of drug-likeness (QED) is 0.612. The molecule has 1 rings (SSSR count). The molecule has 0 heterocycles. The van der Waals surface area contributed by atoms with E-state index in [0.29, 0.717) is 5.56 Å². The van der Waals surface area contributed by atoms with Crippen molar-refractivity contribution in [1.29, 1.82) is 0 Å². The van der Waals surface area contributed by atoms with Crippen molar-refractivity contribution in [3.05, 3.63) is 34.3 Å². The molecule has 54 valence electrons. The molecule has 0 radical (unpaired) electrons. The Kier molecular flexibility index (Phi) is 4.54. The Morgan fingerprint density at radius 1 is 1.27 bits per heavy atom. The summed E-state index contributed by atoms with van der Waals surface area (Å²) in [7, 11) is 0. The molecule has 0 amide bonds. The summed E-state index contributed by atoms with van der Waals surface area (Å²) in [6, 6.07) is 6.70. The van der Waals surface area contributed by atoms with Gasteiger partial charge in [0.2, 0.25) is 0 Å². The molecule has 0 saturated carbocycles. The van der Waals surface area contributed by atoms with Crippen molar-refractivity contribution in [3.8, 4) is 0 Å². The third kappa shape index (κ3) is 3.13. The Bertz CT molecular complexity index is 245. The zero-order valence-corrected chi connectivity index (χ0v) is 10.3. The van der Waals surface area contributed by atoms with E-state index in [9.17, 15) is 0 Å². The van der Waals surface area contributed by atoms with E-state index in [1.54, 1.807) is 24.3 Å². The number of carboxylic acid groups (broad SMARTS) is 1. The molecule has 0 spiro atoms. The number of carboxylic acids is 1. The molecule has 0 atom stereocenters. The van der Waals surface area contributed by atoms with E-state index in [-0.39, 0.29) is 19.5 Å². The molecule has 11 heavy (non-hydrogen) atoms. The molecule has 0 aliphatic rings. The van der Waals surface area contributed by atoms with Gasteiger partial charge in [0.15, 0.2) is 0 Å². The minimum Gasteiger partial charge on any atom is -0.335 e. The second kappa shape index (κ2) is 4.63. The molecule has 2 N–H and O–H groups in total. The van der Waals surface area contributed by atoms with Gasteiger partial charge in [-0.3, -0.25) is 0 Å². The zero-order chi connectivity index (χ0) is 7.56. The van der Waals surface area contributed by atoms with Crippen molar-refractivity contribution in [3.63, 3.8) is 0 Å². The van der Waals surface area contributed by atoms with E-state index in [1.807, 2.05) is 0 Å². The first kappa shape index (κ1) is 10.8. The first-order valence-corrected chi connectivity index (χ1v) is 3.50. The fourth-order valence-corrected chi connectivity index (χ4v) is 0.863. The Morgan fingerprint density at radius 3 is 2.09 bits per heavy atom. The molecule has 2 nitrogen and oxygen atoms in total. The largest absolute Gasteiger partial charge is 0.515 e. The van der Waals surface area contributed by atoms with Crippen LogP contribution in [0, 0.1) is 0 Å². The maximum absolute atomic E-state index is 8.57. The number of halogens is 1. The monoisotopic (exact) mass is 265 g/mol. The van der Waals surface area contributed by atoms with Gasteiger partial charge in [0, 0.05) is 24.0 Å². The fraction of sp³-hybridized carbons (Fsp3) is 0. The third-order valence-electron chi connectivity index (χ3n) is 1.10. The maximum atomic E-state index is 8.57. The first-order valence-electron chi connectivity index (χ1n) is 2.71. The molecule has 0 unspecified atom stereocenters. The molecule has 1 aromatic carbocycles. The van der Waals surface area contributed by atoms with Crippen LogP contribution in [0.1, 0.15) is 5.56 Å². The van der Waals surface area contributed by atoms with Crippen molar-refractivity contribution in [2.75, 3.05) is 0 Å². The summed E-state index contributed by atoms with van der Waals surface area (Å²) in [6.45, 7) is 0. The molecule has 1 aromatic rings. The average molecular weight is 267 g/mol. The molecular formula is C7H6BrO2Zn+. The number of benzene rings is 1. The number of aliphatic hydroxyl groups excluding tert-OH is 1. The van der Waals surface area contributed by atoms with Gasteiger partial charge in [-0.1, -0.05) is 15.9 Å². The second-order valence-electron chi connectivity index (χ2n) is 1.83. The second-order valence-corrected chi connectivity index (χ2v) is 2.75. The molecular weight excluding hydrogens is 261 g/mol. The predicted molar refractivity (Wildman–Crippen MR) is 42.8 cm³/mol. The van der Waals surface area contributed by atoms with Crippen molar-refractivity contribution in [1.82, 2.24) is 0 Å². The van der Waals surface area contributed by atoms with Crippen LogP contribution in [-0.2, 0) is 19.5 Å². The predicted octanol–water partition coefficient (Wildman–Crippen LogP) is 1.86. The molecule has 0 aliphatic heterocycles. The van der Waals surface area contributed by atoms with E-state index in [1.165, 1.54) is 0 Å². The molecule has 0 bridgehead atoms. The fourth-order valence-electron chi connectivity index (χ4n) is 0.599. The normalized spacial score (nSPS) is 8.45. The molecule has 0 fully saturated rings. The van der Waals surface area contributed by atoms with Gasteiger partial charge in [0.05, 0.1) is 0 Å². The van der Waals surface area contributed by atoms with Gasteiger partial charge in [-0.2, -0.15) is 0 Å². The van der Waals surface area contributed by atoms with Crippen molar-refractivity contribution in [2.24, 2.45) is 0 Å². The number of hydrogen-bond donors (Lipinski definition) is 1. The van der Waals surface area contributed by atoms with E-state index in [0.717, 1.165) is 4.47 Å². The van der Waals surface area contributed by atoms with Gasteiger partial charge in [0.1, 0.15) is 5.56 Å². The Balaban J connectivity index is 0.000001000. The standard InChI is InChI=1S/C7H5BrO2.Zn/c8-6-3-1-5(2-4-6)7(9)10;/h1-4H,(H,9,10);/p+1. The van der Waals surface area contributed by atoms with E-state index in [4.69, 9.17) is 9.90 Å². The van der Waals surface area contributed by atoms with Crippen molar-refractivity contribution >= 4 is 21.9 Å². The number of hydrogen-bond acceptors (Lipinski definition) is 0. The van der Waals surface area contributed by atoms with E-state index in [2.05, 4.69) is 15.9 Å². The van der Waals surface area contributed by atoms with Crippen molar-refractivity contribution < 1.29 is 29.4 Å². The minimum absolute atomic E-state index is 0. The van der Waals surface area contributed by atoms with E-state index >= 15 is 0 Å². The van der Waals surface area contributed by atoms with Crippen LogP contribution in [0.3, 0.4) is 0 Å². The minimum atomic E-state index is -0.646. The van der Waals surface area contributed by atoms with Gasteiger partial charge in [-0.25, -0.2) is 0 Å². The van der Waals surface area contributed by atoms with Gasteiger partial charge < -0.3 is 9.90 Å². The number of aromatic carboxylic acids is 1. The summed E-state index contributed by atoms with van der Waals surface area (Å²) in [4.78, 5) is 8.57. The van der Waals surface area contributed by atoms with Crippen LogP contribution in [0.2, 0.25) is 0 Å². The number of rotatable bonds is 1. The third-order valence-corrected chi connectivity index (χ3v) is 1.63. The summed E-state index contributed by atoms with van der Waals surface area (Å²) in [5.41, 5.74) is 0.420. The molecule has 4 heteroatoms. The Labute approximate surface area is 85.5 Å². The molecule has 0 saturated heterocycles. The molecule has 0 aliphatic carbocycles. The zero-order valence-electron chi connectivity index (χ0n) is 5.79. The Hall–Kier alpha value is -0.207. The van der Waals surface area contributed by atoms with Crippen LogP contribution in [0.25, 0.3) is 0 Å². The topological polar surface area (TPSA) is 41.6 Å². The van der Waals surface area contributed by atoms with Gasteiger partial charge in [-0.05, 0) is 24.3 Å². The van der Waals surface area contributed by atoms with Crippen LogP contribution in [0.15, 0.2) is 28.7 Å². The summed E-state index contributed by atoms with van der Waals surface area (Å²) >= 11 is 3.22. The summed E-state index contributed by atoms with van der Waals surface area (Å²) in [6.07, 6.45) is 0. The summed E-state index contributed by atoms with van der Waals surface area (Å²) < 4.78 is 0.914. The maximum Gasteiger partial charge on any atom is 0.515 e. The van der Waals surface area contributed by atoms with Gasteiger partial charge in [-0.15, -0.1) is 0 Å². The smallest absolute Gasteiger partial charge is 0.335 e. The van der Waals surface area contributed by atoms with Crippen LogP contribution < -0.4 is 0 Å². The van der Waals surface area contributed by atoms with Crippen LogP contribution in [0.5, 0.6) is 0 Å². The summed E-state index contributed by atoms with van der Waals surface area (Å²) in [5, 5.41) is 8.57. The first-order chi connectivity index (χ1) is 4.70. The summed E-state index contributed by atoms with van der Waals surface area (Å²) in [5.74, 6) is -0.646. The molecule has 0 aromatic heterocycles. The van der Waals surface area contributed by atoms with Crippen LogP contribution in [0.4, 0.5) is 0 Å². The Morgan fingerprint density at radius 2 is 1.73 bits per heavy atom. The van der Waals surface area contributed by atoms with Crippen molar-refractivity contribution in [2.45, 2.75) is 0 Å². The van der Waals surface area contributed by atoms with E-state index < -0.39 is 5.97 Å². The van der Waals surface area contributed by atoms with Crippen LogP contribution in [-0.4, -0.2) is 15.9 Å². The SMILES string of the molecule is OC(=[OH+])c1ccc(Br)cc1.[Zn]. The average Bonchev–Trinajstić information content (AvgIpc) is 1.88. The van der Waals surface area contributed by atoms with Crippen LogP contribution >= 0.6 is 15.9 Å². The van der Waals surface area contributed by atoms with Gasteiger partial charge >= 0.3 is 5.97 Å².